The minimum atomic E-state index is -0.387. The molecule has 21 heavy (non-hydrogen) atoms. The first kappa shape index (κ1) is 16.0. The standard InChI is InChI=1S/C16H17Cl2NO2/c1-9-4-5-10(17)8-12(9)15(19)11-6-7-13(20-2)14(18)16(11)21-3/h4-8,15H,19H2,1-3H3. The number of halogens is 2. The third kappa shape index (κ3) is 3.10. The van der Waals surface area contributed by atoms with Crippen molar-refractivity contribution < 1.29 is 9.47 Å². The van der Waals surface area contributed by atoms with Crippen molar-refractivity contribution in [1.29, 1.82) is 0 Å². The van der Waals surface area contributed by atoms with E-state index in [9.17, 15) is 0 Å². The Kier molecular flexibility index (Phi) is 4.99. The van der Waals surface area contributed by atoms with E-state index in [4.69, 9.17) is 38.4 Å². The van der Waals surface area contributed by atoms with E-state index in [-0.39, 0.29) is 6.04 Å². The van der Waals surface area contributed by atoms with Crippen LogP contribution >= 0.6 is 23.2 Å². The van der Waals surface area contributed by atoms with Crippen molar-refractivity contribution in [2.24, 2.45) is 5.73 Å². The molecule has 1 unspecified atom stereocenters. The van der Waals surface area contributed by atoms with Crippen LogP contribution in [0.4, 0.5) is 0 Å². The molecule has 0 heterocycles. The summed E-state index contributed by atoms with van der Waals surface area (Å²) in [6.45, 7) is 1.99. The monoisotopic (exact) mass is 325 g/mol. The molecule has 0 aliphatic carbocycles. The summed E-state index contributed by atoms with van der Waals surface area (Å²) in [5.74, 6) is 1.06. The van der Waals surface area contributed by atoms with Crippen molar-refractivity contribution >= 4 is 23.2 Å². The number of hydrogen-bond donors (Lipinski definition) is 1. The second-order valence-electron chi connectivity index (χ2n) is 4.68. The number of methoxy groups -OCH3 is 2. The van der Waals surface area contributed by atoms with Crippen LogP contribution in [-0.2, 0) is 0 Å². The molecule has 112 valence electrons. The van der Waals surface area contributed by atoms with Gasteiger partial charge in [0.1, 0.15) is 16.5 Å². The molecule has 5 heteroatoms. The molecule has 2 rings (SSSR count). The van der Waals surface area contributed by atoms with Crippen molar-refractivity contribution in [3.8, 4) is 11.5 Å². The third-order valence-corrected chi connectivity index (χ3v) is 4.02. The first-order valence-electron chi connectivity index (χ1n) is 6.41. The van der Waals surface area contributed by atoms with Gasteiger partial charge >= 0.3 is 0 Å². The van der Waals surface area contributed by atoms with Crippen LogP contribution in [0.15, 0.2) is 30.3 Å². The van der Waals surface area contributed by atoms with Crippen molar-refractivity contribution in [3.05, 3.63) is 57.1 Å². The summed E-state index contributed by atoms with van der Waals surface area (Å²) in [5.41, 5.74) is 9.16. The van der Waals surface area contributed by atoms with E-state index in [0.717, 1.165) is 16.7 Å². The van der Waals surface area contributed by atoms with Crippen LogP contribution in [0.2, 0.25) is 10.0 Å². The average Bonchev–Trinajstić information content (AvgIpc) is 2.48. The zero-order chi connectivity index (χ0) is 15.6. The summed E-state index contributed by atoms with van der Waals surface area (Å²) in [6.07, 6.45) is 0. The SMILES string of the molecule is COc1ccc(C(N)c2cc(Cl)ccc2C)c(OC)c1Cl. The molecule has 0 aliphatic rings. The number of nitrogens with two attached hydrogens (primary N) is 1. The maximum atomic E-state index is 6.38. The van der Waals surface area contributed by atoms with Gasteiger partial charge in [-0.2, -0.15) is 0 Å². The highest BCUT2D eigenvalue weighted by Crippen LogP contribution is 2.41. The molecule has 0 saturated carbocycles. The summed E-state index contributed by atoms with van der Waals surface area (Å²) >= 11 is 12.4. The fourth-order valence-electron chi connectivity index (χ4n) is 2.28. The first-order chi connectivity index (χ1) is 9.99. The summed E-state index contributed by atoms with van der Waals surface area (Å²) in [5, 5.41) is 1.05. The molecule has 2 N–H and O–H groups in total. The van der Waals surface area contributed by atoms with Gasteiger partial charge < -0.3 is 15.2 Å². The van der Waals surface area contributed by atoms with E-state index < -0.39 is 0 Å². The molecule has 0 saturated heterocycles. The topological polar surface area (TPSA) is 44.5 Å². The molecular formula is C16H17Cl2NO2. The number of ether oxygens (including phenoxy) is 2. The molecule has 1 atom stereocenters. The smallest absolute Gasteiger partial charge is 0.146 e. The zero-order valence-corrected chi connectivity index (χ0v) is 13.6. The quantitative estimate of drug-likeness (QED) is 0.907. The van der Waals surface area contributed by atoms with E-state index in [1.54, 1.807) is 20.3 Å². The van der Waals surface area contributed by atoms with Crippen molar-refractivity contribution in [2.75, 3.05) is 14.2 Å². The van der Waals surface area contributed by atoms with Crippen LogP contribution in [0, 0.1) is 6.92 Å². The lowest BCUT2D eigenvalue weighted by atomic mass is 9.95. The van der Waals surface area contributed by atoms with Gasteiger partial charge in [-0.3, -0.25) is 0 Å². The minimum absolute atomic E-state index is 0.387. The number of benzene rings is 2. The van der Waals surface area contributed by atoms with Gasteiger partial charge in [0.2, 0.25) is 0 Å². The second-order valence-corrected chi connectivity index (χ2v) is 5.50. The van der Waals surface area contributed by atoms with Crippen molar-refractivity contribution in [3.63, 3.8) is 0 Å². The predicted molar refractivity (Wildman–Crippen MR) is 86.8 cm³/mol. The Morgan fingerprint density at radius 3 is 2.33 bits per heavy atom. The summed E-state index contributed by atoms with van der Waals surface area (Å²) in [6, 6.07) is 8.88. The van der Waals surface area contributed by atoms with Crippen LogP contribution in [0.25, 0.3) is 0 Å². The molecule has 0 spiro atoms. The van der Waals surface area contributed by atoms with Gasteiger partial charge in [-0.05, 0) is 42.3 Å². The lowest BCUT2D eigenvalue weighted by Crippen LogP contribution is -2.14. The van der Waals surface area contributed by atoms with Crippen molar-refractivity contribution in [2.45, 2.75) is 13.0 Å². The number of aryl methyl sites for hydroxylation is 1. The fraction of sp³-hybridized carbons (Fsp3) is 0.250. The van der Waals surface area contributed by atoms with E-state index in [2.05, 4.69) is 0 Å². The first-order valence-corrected chi connectivity index (χ1v) is 7.17. The van der Waals surface area contributed by atoms with Gasteiger partial charge in [-0.25, -0.2) is 0 Å². The van der Waals surface area contributed by atoms with E-state index in [0.29, 0.717) is 21.5 Å². The molecule has 0 fully saturated rings. The molecule has 0 bridgehead atoms. The van der Waals surface area contributed by atoms with Crippen LogP contribution in [0.5, 0.6) is 11.5 Å². The Balaban J connectivity index is 2.55. The molecule has 0 radical (unpaired) electrons. The third-order valence-electron chi connectivity index (χ3n) is 3.43. The van der Waals surface area contributed by atoms with E-state index in [1.165, 1.54) is 0 Å². The van der Waals surface area contributed by atoms with Gasteiger partial charge in [0.05, 0.1) is 20.3 Å². The summed E-state index contributed by atoms with van der Waals surface area (Å²) < 4.78 is 10.6. The molecule has 0 aromatic heterocycles. The summed E-state index contributed by atoms with van der Waals surface area (Å²) in [7, 11) is 3.11. The lowest BCUT2D eigenvalue weighted by molar-refractivity contribution is 0.390. The van der Waals surface area contributed by atoms with E-state index in [1.807, 2.05) is 31.2 Å². The van der Waals surface area contributed by atoms with Gasteiger partial charge in [-0.15, -0.1) is 0 Å². The largest absolute Gasteiger partial charge is 0.495 e. The normalized spacial score (nSPS) is 12.1. The van der Waals surface area contributed by atoms with E-state index >= 15 is 0 Å². The fourth-order valence-corrected chi connectivity index (χ4v) is 2.78. The Bertz CT molecular complexity index is 659. The van der Waals surface area contributed by atoms with Gasteiger partial charge in [0, 0.05) is 10.6 Å². The van der Waals surface area contributed by atoms with Gasteiger partial charge in [0.15, 0.2) is 0 Å². The van der Waals surface area contributed by atoms with Crippen LogP contribution in [0.1, 0.15) is 22.7 Å². The Morgan fingerprint density at radius 2 is 1.71 bits per heavy atom. The van der Waals surface area contributed by atoms with Crippen molar-refractivity contribution in [1.82, 2.24) is 0 Å². The minimum Gasteiger partial charge on any atom is -0.495 e. The lowest BCUT2D eigenvalue weighted by Gasteiger charge is -2.20. The van der Waals surface area contributed by atoms with Crippen LogP contribution < -0.4 is 15.2 Å². The summed E-state index contributed by atoms with van der Waals surface area (Å²) in [4.78, 5) is 0. The highest BCUT2D eigenvalue weighted by atomic mass is 35.5. The molecule has 2 aromatic carbocycles. The Hall–Kier alpha value is -1.42. The second kappa shape index (κ2) is 6.56. The maximum absolute atomic E-state index is 6.38. The number of hydrogen-bond acceptors (Lipinski definition) is 3. The predicted octanol–water partition coefficient (Wildman–Crippen LogP) is 4.37. The molecule has 0 amide bonds. The van der Waals surface area contributed by atoms with Crippen LogP contribution in [0.3, 0.4) is 0 Å². The average molecular weight is 326 g/mol. The molecule has 3 nitrogen and oxygen atoms in total. The molecular weight excluding hydrogens is 309 g/mol. The highest BCUT2D eigenvalue weighted by molar-refractivity contribution is 6.33. The van der Waals surface area contributed by atoms with Gasteiger partial charge in [-0.1, -0.05) is 29.3 Å². The molecule has 2 aromatic rings. The molecule has 0 aliphatic heterocycles. The Labute approximate surface area is 134 Å². The van der Waals surface area contributed by atoms with Gasteiger partial charge in [0.25, 0.3) is 0 Å². The van der Waals surface area contributed by atoms with Crippen LogP contribution in [-0.4, -0.2) is 14.2 Å². The zero-order valence-electron chi connectivity index (χ0n) is 12.1. The number of rotatable bonds is 4. The Morgan fingerprint density at radius 1 is 1.00 bits per heavy atom. The highest BCUT2D eigenvalue weighted by Gasteiger charge is 2.20. The maximum Gasteiger partial charge on any atom is 0.146 e.